The van der Waals surface area contributed by atoms with Gasteiger partial charge < -0.3 is 20.6 Å². The maximum absolute atomic E-state index is 9.89. The number of aliphatic hydroxyl groups excluding tert-OH is 3. The molecule has 0 spiro atoms. The van der Waals surface area contributed by atoms with Crippen molar-refractivity contribution in [2.75, 3.05) is 20.7 Å². The number of nitrogens with one attached hydrogen (secondary N) is 1. The first-order valence-electron chi connectivity index (χ1n) is 5.68. The van der Waals surface area contributed by atoms with Crippen molar-refractivity contribution >= 4 is 11.6 Å². The fraction of sp³-hybridized carbons (Fsp3) is 0.833. The van der Waals surface area contributed by atoms with Gasteiger partial charge in [0.05, 0.1) is 0 Å². The molecule has 0 saturated heterocycles. The first-order chi connectivity index (χ1) is 8.11. The lowest BCUT2D eigenvalue weighted by Gasteiger charge is -1.90. The standard InChI is InChI=1S/2C4H8O2.C2H7N.C2H6O/c2*1-3(5)4(2)6;1-3-2;1-2-3/h2*3,5H,1-2H3;3H,1-2H3;3H,2H2,1H3. The zero-order valence-electron chi connectivity index (χ0n) is 12.5. The van der Waals surface area contributed by atoms with Crippen LogP contribution in [0.1, 0.15) is 34.6 Å². The zero-order valence-corrected chi connectivity index (χ0v) is 12.5. The van der Waals surface area contributed by atoms with Gasteiger partial charge >= 0.3 is 0 Å². The lowest BCUT2D eigenvalue weighted by Crippen LogP contribution is -2.10. The normalized spacial score (nSPS) is 11.2. The molecule has 0 bridgehead atoms. The second-order valence-electron chi connectivity index (χ2n) is 3.39. The molecule has 0 aromatic heterocycles. The van der Waals surface area contributed by atoms with Gasteiger partial charge in [0, 0.05) is 6.61 Å². The van der Waals surface area contributed by atoms with Crippen LogP contribution >= 0.6 is 0 Å². The third-order valence-corrected chi connectivity index (χ3v) is 1.18. The first kappa shape index (κ1) is 25.9. The Bertz CT molecular complexity index is 161. The molecule has 0 aliphatic heterocycles. The molecule has 6 nitrogen and oxygen atoms in total. The average Bonchev–Trinajstić information content (AvgIpc) is 2.20. The van der Waals surface area contributed by atoms with E-state index in [9.17, 15) is 9.59 Å². The predicted octanol–water partition coefficient (Wildman–Crippen LogP) is -0.253. The van der Waals surface area contributed by atoms with E-state index in [0.717, 1.165) is 0 Å². The van der Waals surface area contributed by atoms with Crippen molar-refractivity contribution < 1.29 is 24.9 Å². The predicted molar refractivity (Wildman–Crippen MR) is 72.5 cm³/mol. The molecule has 0 aliphatic rings. The van der Waals surface area contributed by atoms with Gasteiger partial charge in [-0.25, -0.2) is 0 Å². The van der Waals surface area contributed by atoms with Crippen LogP contribution in [0.3, 0.4) is 0 Å². The Balaban J connectivity index is -0.0000000770. The molecule has 0 aromatic carbocycles. The maximum Gasteiger partial charge on any atom is 0.157 e. The van der Waals surface area contributed by atoms with Crippen LogP contribution in [0.15, 0.2) is 0 Å². The number of hydrogen-bond acceptors (Lipinski definition) is 6. The van der Waals surface area contributed by atoms with Crippen molar-refractivity contribution in [2.24, 2.45) is 0 Å². The third-order valence-electron chi connectivity index (χ3n) is 1.18. The second kappa shape index (κ2) is 21.5. The van der Waals surface area contributed by atoms with Gasteiger partial charge in [0.15, 0.2) is 11.6 Å². The molecule has 0 amide bonds. The molecule has 0 heterocycles. The average molecular weight is 267 g/mol. The minimum absolute atomic E-state index is 0.185. The van der Waals surface area contributed by atoms with Crippen molar-refractivity contribution in [2.45, 2.75) is 46.8 Å². The van der Waals surface area contributed by atoms with Gasteiger partial charge in [0.2, 0.25) is 0 Å². The summed E-state index contributed by atoms with van der Waals surface area (Å²) >= 11 is 0. The Labute approximate surface area is 110 Å². The Morgan fingerprint density at radius 2 is 1.06 bits per heavy atom. The van der Waals surface area contributed by atoms with E-state index < -0.39 is 12.2 Å². The highest BCUT2D eigenvalue weighted by Crippen LogP contribution is 1.77. The number of carbonyl (C=O) groups excluding carboxylic acids is 2. The van der Waals surface area contributed by atoms with Crippen molar-refractivity contribution in [3.8, 4) is 0 Å². The van der Waals surface area contributed by atoms with E-state index in [2.05, 4.69) is 5.32 Å². The third kappa shape index (κ3) is 59.2. The van der Waals surface area contributed by atoms with E-state index in [1.807, 2.05) is 14.1 Å². The van der Waals surface area contributed by atoms with Gasteiger partial charge in [-0.2, -0.15) is 0 Å². The topological polar surface area (TPSA) is 107 Å². The fourth-order valence-corrected chi connectivity index (χ4v) is 0. The van der Waals surface area contributed by atoms with Crippen LogP contribution in [0, 0.1) is 0 Å². The van der Waals surface area contributed by atoms with Gasteiger partial charge in [-0.15, -0.1) is 0 Å². The summed E-state index contributed by atoms with van der Waals surface area (Å²) in [5, 5.41) is 26.9. The van der Waals surface area contributed by atoms with Crippen molar-refractivity contribution in [3.05, 3.63) is 0 Å². The highest BCUT2D eigenvalue weighted by Gasteiger charge is 1.97. The second-order valence-corrected chi connectivity index (χ2v) is 3.39. The number of carbonyl (C=O) groups is 2. The summed E-state index contributed by atoms with van der Waals surface area (Å²) in [5.41, 5.74) is 0. The number of Topliss-reactive ketones (excluding diaryl/α,β-unsaturated/α-hetero) is 2. The highest BCUT2D eigenvalue weighted by molar-refractivity contribution is 5.79. The van der Waals surface area contributed by atoms with Gasteiger partial charge in [0.1, 0.15) is 12.2 Å². The Morgan fingerprint density at radius 1 is 1.00 bits per heavy atom. The molecule has 0 fully saturated rings. The molecule has 0 saturated carbocycles. The SMILES string of the molecule is CC(=O)C(C)O.CC(=O)C(C)O.CCO.CNC. The van der Waals surface area contributed by atoms with Gasteiger partial charge in [-0.3, -0.25) is 9.59 Å². The Morgan fingerprint density at radius 3 is 1.06 bits per heavy atom. The van der Waals surface area contributed by atoms with Crippen LogP contribution < -0.4 is 5.32 Å². The largest absolute Gasteiger partial charge is 0.397 e. The maximum atomic E-state index is 9.89. The molecule has 0 rings (SSSR count). The zero-order chi connectivity index (χ0) is 15.7. The summed E-state index contributed by atoms with van der Waals surface area (Å²) in [7, 11) is 3.75. The van der Waals surface area contributed by atoms with E-state index in [1.54, 1.807) is 6.92 Å². The number of hydrogen-bond donors (Lipinski definition) is 4. The Hall–Kier alpha value is -0.820. The fourth-order valence-electron chi connectivity index (χ4n) is 0. The van der Waals surface area contributed by atoms with Crippen LogP contribution in [0.2, 0.25) is 0 Å². The highest BCUT2D eigenvalue weighted by atomic mass is 16.3. The van der Waals surface area contributed by atoms with E-state index >= 15 is 0 Å². The lowest BCUT2D eigenvalue weighted by atomic mass is 10.3. The summed E-state index contributed by atoms with van der Waals surface area (Å²) in [4.78, 5) is 19.8. The van der Waals surface area contributed by atoms with E-state index in [0.29, 0.717) is 0 Å². The summed E-state index contributed by atoms with van der Waals surface area (Å²) in [6, 6.07) is 0. The molecule has 0 aliphatic carbocycles. The van der Waals surface area contributed by atoms with Crippen molar-refractivity contribution in [1.82, 2.24) is 5.32 Å². The number of ketones is 2. The molecule has 2 atom stereocenters. The lowest BCUT2D eigenvalue weighted by molar-refractivity contribution is -0.124. The van der Waals surface area contributed by atoms with E-state index in [-0.39, 0.29) is 18.2 Å². The summed E-state index contributed by atoms with van der Waals surface area (Å²) in [6.45, 7) is 7.53. The molecule has 0 radical (unpaired) electrons. The van der Waals surface area contributed by atoms with Gasteiger partial charge in [-0.1, -0.05) is 0 Å². The Kier molecular flexibility index (Phi) is 30.9. The molecular weight excluding hydrogens is 238 g/mol. The van der Waals surface area contributed by atoms with E-state index in [4.69, 9.17) is 15.3 Å². The molecule has 0 aromatic rings. The monoisotopic (exact) mass is 267 g/mol. The van der Waals surface area contributed by atoms with Crippen LogP contribution in [0.25, 0.3) is 0 Å². The summed E-state index contributed by atoms with van der Waals surface area (Å²) in [6.07, 6.45) is -1.57. The van der Waals surface area contributed by atoms with Gasteiger partial charge in [-0.05, 0) is 48.7 Å². The van der Waals surface area contributed by atoms with Crippen LogP contribution in [0.5, 0.6) is 0 Å². The number of rotatable bonds is 2. The molecule has 18 heavy (non-hydrogen) atoms. The first-order valence-corrected chi connectivity index (χ1v) is 5.68. The van der Waals surface area contributed by atoms with Crippen molar-refractivity contribution in [3.63, 3.8) is 0 Å². The minimum Gasteiger partial charge on any atom is -0.397 e. The molecular formula is C12H29NO5. The van der Waals surface area contributed by atoms with Crippen LogP contribution in [-0.2, 0) is 9.59 Å². The minimum atomic E-state index is -0.787. The summed E-state index contributed by atoms with van der Waals surface area (Å²) < 4.78 is 0. The molecule has 2 unspecified atom stereocenters. The van der Waals surface area contributed by atoms with Crippen LogP contribution in [-0.4, -0.2) is 59.8 Å². The van der Waals surface area contributed by atoms with Crippen molar-refractivity contribution in [1.29, 1.82) is 0 Å². The summed E-state index contributed by atoms with van der Waals surface area (Å²) in [5.74, 6) is -0.370. The number of aliphatic hydroxyl groups is 3. The van der Waals surface area contributed by atoms with Gasteiger partial charge in [0.25, 0.3) is 0 Å². The molecule has 112 valence electrons. The van der Waals surface area contributed by atoms with E-state index in [1.165, 1.54) is 27.7 Å². The molecule has 4 N–H and O–H groups in total. The quantitative estimate of drug-likeness (QED) is 0.549. The molecule has 6 heteroatoms. The van der Waals surface area contributed by atoms with Crippen LogP contribution in [0.4, 0.5) is 0 Å². The smallest absolute Gasteiger partial charge is 0.157 e.